The molecule has 0 aliphatic carbocycles. The van der Waals surface area contributed by atoms with Gasteiger partial charge in [0.25, 0.3) is 0 Å². The maximum Gasteiger partial charge on any atom is 0.239 e. The second-order valence-electron chi connectivity index (χ2n) is 2.83. The summed E-state index contributed by atoms with van der Waals surface area (Å²) < 4.78 is 0. The van der Waals surface area contributed by atoms with Gasteiger partial charge in [-0.15, -0.1) is 0 Å². The largest absolute Gasteiger partial charge is 0.340 e. The van der Waals surface area contributed by atoms with E-state index in [-0.39, 0.29) is 11.9 Å². The van der Waals surface area contributed by atoms with Crippen LogP contribution in [-0.2, 0) is 4.79 Å². The van der Waals surface area contributed by atoms with Crippen LogP contribution in [-0.4, -0.2) is 36.5 Å². The van der Waals surface area contributed by atoms with Crippen molar-refractivity contribution in [1.82, 2.24) is 10.2 Å². The molecule has 1 amide bonds. The number of likely N-dealkylation sites (N-methyl/N-ethyl adjacent to an activating group) is 1. The Morgan fingerprint density at radius 3 is 2.91 bits per heavy atom. The van der Waals surface area contributed by atoms with Crippen molar-refractivity contribution in [3.63, 3.8) is 0 Å². The number of hydrogen-bond donors (Lipinski definition) is 1. The highest BCUT2D eigenvalue weighted by molar-refractivity contribution is 5.82. The van der Waals surface area contributed by atoms with Crippen molar-refractivity contribution in [2.45, 2.75) is 26.3 Å². The number of nitrogens with one attached hydrogen (secondary N) is 1. The van der Waals surface area contributed by atoms with Crippen molar-refractivity contribution in [3.8, 4) is 0 Å². The minimum Gasteiger partial charge on any atom is -0.340 e. The molecular formula is C8H16N2O. The fourth-order valence-corrected chi connectivity index (χ4v) is 1.42. The minimum atomic E-state index is 0.0729. The van der Waals surface area contributed by atoms with Crippen LogP contribution in [0.4, 0.5) is 0 Å². The number of hydrogen-bond acceptors (Lipinski definition) is 2. The zero-order chi connectivity index (χ0) is 8.27. The van der Waals surface area contributed by atoms with Gasteiger partial charge in [-0.1, -0.05) is 6.92 Å². The Bertz CT molecular complexity index is 133. The summed E-state index contributed by atoms with van der Waals surface area (Å²) in [5.74, 6) is 0.265. The van der Waals surface area contributed by atoms with Gasteiger partial charge in [-0.25, -0.2) is 0 Å². The van der Waals surface area contributed by atoms with E-state index in [2.05, 4.69) is 5.32 Å². The molecular weight excluding hydrogens is 140 g/mol. The summed E-state index contributed by atoms with van der Waals surface area (Å²) in [5, 5.41) is 3.19. The minimum absolute atomic E-state index is 0.0729. The summed E-state index contributed by atoms with van der Waals surface area (Å²) in [7, 11) is 0. The molecule has 11 heavy (non-hydrogen) atoms. The molecule has 1 atom stereocenters. The van der Waals surface area contributed by atoms with Gasteiger partial charge in [-0.05, 0) is 13.3 Å². The number of amides is 1. The highest BCUT2D eigenvalue weighted by atomic mass is 16.2. The summed E-state index contributed by atoms with van der Waals surface area (Å²) in [6.07, 6.45) is 0.898. The number of rotatable bonds is 2. The Morgan fingerprint density at radius 2 is 2.36 bits per heavy atom. The first-order chi connectivity index (χ1) is 5.29. The van der Waals surface area contributed by atoms with Crippen LogP contribution in [0.3, 0.4) is 0 Å². The van der Waals surface area contributed by atoms with Gasteiger partial charge >= 0.3 is 0 Å². The molecule has 0 aromatic heterocycles. The normalized spacial score (nSPS) is 25.8. The molecule has 3 nitrogen and oxygen atoms in total. The first kappa shape index (κ1) is 8.53. The maximum atomic E-state index is 11.5. The SMILES string of the molecule is CC[C@@H]1NCCN(CC)C1=O. The van der Waals surface area contributed by atoms with E-state index in [1.165, 1.54) is 0 Å². The van der Waals surface area contributed by atoms with Crippen molar-refractivity contribution in [2.24, 2.45) is 0 Å². The fraction of sp³-hybridized carbons (Fsp3) is 0.875. The lowest BCUT2D eigenvalue weighted by Gasteiger charge is -2.31. The summed E-state index contributed by atoms with van der Waals surface area (Å²) in [6, 6.07) is 0.0729. The first-order valence-electron chi connectivity index (χ1n) is 4.31. The Kier molecular flexibility index (Phi) is 2.88. The molecule has 1 saturated heterocycles. The molecule has 1 aliphatic rings. The molecule has 64 valence electrons. The quantitative estimate of drug-likeness (QED) is 0.620. The molecule has 1 aliphatic heterocycles. The highest BCUT2D eigenvalue weighted by Gasteiger charge is 2.24. The summed E-state index contributed by atoms with van der Waals surface area (Å²) in [4.78, 5) is 13.4. The van der Waals surface area contributed by atoms with Gasteiger partial charge < -0.3 is 10.2 Å². The number of carbonyl (C=O) groups is 1. The average Bonchev–Trinajstić information content (AvgIpc) is 2.05. The number of carbonyl (C=O) groups excluding carboxylic acids is 1. The second kappa shape index (κ2) is 3.72. The van der Waals surface area contributed by atoms with E-state index in [9.17, 15) is 4.79 Å². The van der Waals surface area contributed by atoms with Crippen LogP contribution in [0.15, 0.2) is 0 Å². The van der Waals surface area contributed by atoms with Crippen LogP contribution < -0.4 is 5.32 Å². The van der Waals surface area contributed by atoms with E-state index in [1.807, 2.05) is 18.7 Å². The van der Waals surface area contributed by atoms with Crippen LogP contribution >= 0.6 is 0 Å². The Balaban J connectivity index is 2.52. The lowest BCUT2D eigenvalue weighted by molar-refractivity contribution is -0.135. The Labute approximate surface area is 67.8 Å². The predicted octanol–water partition coefficient (Wildman–Crippen LogP) is 0.217. The number of nitrogens with zero attached hydrogens (tertiary/aromatic N) is 1. The third kappa shape index (κ3) is 1.71. The molecule has 0 saturated carbocycles. The highest BCUT2D eigenvalue weighted by Crippen LogP contribution is 2.03. The molecule has 1 N–H and O–H groups in total. The zero-order valence-electron chi connectivity index (χ0n) is 7.26. The molecule has 0 radical (unpaired) electrons. The molecule has 0 bridgehead atoms. The van der Waals surface area contributed by atoms with Crippen molar-refractivity contribution in [1.29, 1.82) is 0 Å². The van der Waals surface area contributed by atoms with Gasteiger partial charge in [-0.3, -0.25) is 4.79 Å². The lowest BCUT2D eigenvalue weighted by atomic mass is 10.1. The molecule has 0 aromatic rings. The van der Waals surface area contributed by atoms with Gasteiger partial charge in [0.05, 0.1) is 6.04 Å². The fourth-order valence-electron chi connectivity index (χ4n) is 1.42. The van der Waals surface area contributed by atoms with Gasteiger partial charge in [-0.2, -0.15) is 0 Å². The van der Waals surface area contributed by atoms with Gasteiger partial charge in [0.2, 0.25) is 5.91 Å². The molecule has 1 fully saturated rings. The molecule has 1 heterocycles. The first-order valence-corrected chi connectivity index (χ1v) is 4.31. The molecule has 3 heteroatoms. The van der Waals surface area contributed by atoms with Crippen LogP contribution in [0.2, 0.25) is 0 Å². The summed E-state index contributed by atoms with van der Waals surface area (Å²) >= 11 is 0. The van der Waals surface area contributed by atoms with E-state index < -0.39 is 0 Å². The monoisotopic (exact) mass is 156 g/mol. The van der Waals surface area contributed by atoms with Crippen LogP contribution in [0.1, 0.15) is 20.3 Å². The zero-order valence-corrected chi connectivity index (χ0v) is 7.26. The van der Waals surface area contributed by atoms with E-state index in [4.69, 9.17) is 0 Å². The molecule has 0 aromatic carbocycles. The van der Waals surface area contributed by atoms with Gasteiger partial charge in [0.1, 0.15) is 0 Å². The summed E-state index contributed by atoms with van der Waals surface area (Å²) in [6.45, 7) is 6.71. The third-order valence-corrected chi connectivity index (χ3v) is 2.17. The summed E-state index contributed by atoms with van der Waals surface area (Å²) in [5.41, 5.74) is 0. The Morgan fingerprint density at radius 1 is 1.64 bits per heavy atom. The lowest BCUT2D eigenvalue weighted by Crippen LogP contribution is -2.54. The molecule has 0 unspecified atom stereocenters. The van der Waals surface area contributed by atoms with E-state index in [0.29, 0.717) is 0 Å². The van der Waals surface area contributed by atoms with Gasteiger partial charge in [0.15, 0.2) is 0 Å². The van der Waals surface area contributed by atoms with Crippen molar-refractivity contribution in [3.05, 3.63) is 0 Å². The van der Waals surface area contributed by atoms with E-state index in [1.54, 1.807) is 0 Å². The van der Waals surface area contributed by atoms with E-state index >= 15 is 0 Å². The van der Waals surface area contributed by atoms with Crippen LogP contribution in [0, 0.1) is 0 Å². The van der Waals surface area contributed by atoms with Crippen molar-refractivity contribution < 1.29 is 4.79 Å². The van der Waals surface area contributed by atoms with Crippen molar-refractivity contribution in [2.75, 3.05) is 19.6 Å². The second-order valence-corrected chi connectivity index (χ2v) is 2.83. The number of piperazine rings is 1. The van der Waals surface area contributed by atoms with Gasteiger partial charge in [0, 0.05) is 19.6 Å². The molecule has 0 spiro atoms. The van der Waals surface area contributed by atoms with Crippen molar-refractivity contribution >= 4 is 5.91 Å². The Hall–Kier alpha value is -0.570. The molecule has 1 rings (SSSR count). The van der Waals surface area contributed by atoms with E-state index in [0.717, 1.165) is 26.1 Å². The standard InChI is InChI=1S/C8H16N2O/c1-3-7-8(11)10(4-2)6-5-9-7/h7,9H,3-6H2,1-2H3/t7-/m0/s1. The topological polar surface area (TPSA) is 32.3 Å². The third-order valence-electron chi connectivity index (χ3n) is 2.17. The van der Waals surface area contributed by atoms with Crippen LogP contribution in [0.25, 0.3) is 0 Å². The maximum absolute atomic E-state index is 11.5. The predicted molar refractivity (Wildman–Crippen MR) is 44.3 cm³/mol. The van der Waals surface area contributed by atoms with Crippen LogP contribution in [0.5, 0.6) is 0 Å². The smallest absolute Gasteiger partial charge is 0.239 e. The average molecular weight is 156 g/mol.